The van der Waals surface area contributed by atoms with Gasteiger partial charge in [0.05, 0.1) is 0 Å². The van der Waals surface area contributed by atoms with Crippen LogP contribution in [0.2, 0.25) is 0 Å². The van der Waals surface area contributed by atoms with Crippen LogP contribution in [-0.4, -0.2) is 7.05 Å². The van der Waals surface area contributed by atoms with Gasteiger partial charge in [-0.2, -0.15) is 0 Å². The van der Waals surface area contributed by atoms with Gasteiger partial charge >= 0.3 is 0 Å². The van der Waals surface area contributed by atoms with Crippen molar-refractivity contribution in [2.75, 3.05) is 11.9 Å². The first-order valence-corrected chi connectivity index (χ1v) is 9.53. The molecule has 0 radical (unpaired) electrons. The number of fused-ring (bicyclic) bond motifs is 2. The molecule has 0 amide bonds. The number of hydrogen-bond acceptors (Lipinski definition) is 1. The van der Waals surface area contributed by atoms with Crippen LogP contribution in [0.4, 0.5) is 11.4 Å². The molecule has 1 nitrogen and oxygen atoms in total. The minimum atomic E-state index is 1.20. The average Bonchev–Trinajstić information content (AvgIpc) is 2.75. The molecule has 134 valence electrons. The number of nitrogens with zero attached hydrogens (tertiary/aromatic N) is 1. The lowest BCUT2D eigenvalue weighted by Gasteiger charge is -2.22. The maximum atomic E-state index is 2.26. The van der Waals surface area contributed by atoms with Gasteiger partial charge in [0.25, 0.3) is 0 Å². The van der Waals surface area contributed by atoms with E-state index in [4.69, 9.17) is 0 Å². The van der Waals surface area contributed by atoms with E-state index in [-0.39, 0.29) is 0 Å². The molecule has 26 heavy (non-hydrogen) atoms. The van der Waals surface area contributed by atoms with E-state index in [0.29, 0.717) is 0 Å². The lowest BCUT2D eigenvalue weighted by molar-refractivity contribution is 1.23. The quantitative estimate of drug-likeness (QED) is 0.358. The van der Waals surface area contributed by atoms with Crippen molar-refractivity contribution in [1.29, 1.82) is 0 Å². The van der Waals surface area contributed by atoms with E-state index in [1.807, 2.05) is 27.7 Å². The third kappa shape index (κ3) is 4.05. The second-order valence-corrected chi connectivity index (χ2v) is 5.59. The Balaban J connectivity index is 0.000000570. The summed E-state index contributed by atoms with van der Waals surface area (Å²) in [5, 5.41) is 5.10. The molecule has 0 N–H and O–H groups in total. The second-order valence-electron chi connectivity index (χ2n) is 5.59. The Hall–Kier alpha value is -2.80. The van der Waals surface area contributed by atoms with E-state index in [2.05, 4.69) is 96.9 Å². The maximum absolute atomic E-state index is 2.26. The third-order valence-corrected chi connectivity index (χ3v) is 4.25. The van der Waals surface area contributed by atoms with Crippen LogP contribution in [0.25, 0.3) is 21.5 Å². The van der Waals surface area contributed by atoms with Gasteiger partial charge < -0.3 is 4.90 Å². The highest BCUT2D eigenvalue weighted by Crippen LogP contribution is 2.32. The van der Waals surface area contributed by atoms with Gasteiger partial charge in [-0.3, -0.25) is 0 Å². The summed E-state index contributed by atoms with van der Waals surface area (Å²) in [5.41, 5.74) is 2.43. The van der Waals surface area contributed by atoms with Crippen molar-refractivity contribution in [2.45, 2.75) is 27.7 Å². The van der Waals surface area contributed by atoms with Crippen LogP contribution < -0.4 is 4.90 Å². The van der Waals surface area contributed by atoms with Crippen molar-refractivity contribution in [3.05, 3.63) is 84.9 Å². The number of rotatable bonds is 2. The predicted molar refractivity (Wildman–Crippen MR) is 119 cm³/mol. The Kier molecular flexibility index (Phi) is 7.23. The molecule has 4 rings (SSSR count). The fraction of sp³-hybridized carbons (Fsp3) is 0.200. The van der Waals surface area contributed by atoms with Gasteiger partial charge in [0.1, 0.15) is 0 Å². The average molecular weight is 344 g/mol. The summed E-state index contributed by atoms with van der Waals surface area (Å²) in [6.07, 6.45) is 0. The summed E-state index contributed by atoms with van der Waals surface area (Å²) in [6.45, 7) is 8.00. The fourth-order valence-corrected chi connectivity index (χ4v) is 3.03. The third-order valence-electron chi connectivity index (χ3n) is 4.25. The van der Waals surface area contributed by atoms with Crippen LogP contribution in [0.3, 0.4) is 0 Å². The summed E-state index contributed by atoms with van der Waals surface area (Å²) in [4.78, 5) is 2.26. The molecule has 0 aliphatic rings. The van der Waals surface area contributed by atoms with E-state index < -0.39 is 0 Å². The van der Waals surface area contributed by atoms with Crippen molar-refractivity contribution in [3.8, 4) is 0 Å². The lowest BCUT2D eigenvalue weighted by atomic mass is 10.1. The monoisotopic (exact) mass is 343 g/mol. The van der Waals surface area contributed by atoms with Crippen molar-refractivity contribution in [1.82, 2.24) is 0 Å². The molecule has 0 saturated carbocycles. The lowest BCUT2D eigenvalue weighted by Crippen LogP contribution is -2.09. The summed E-state index contributed by atoms with van der Waals surface area (Å²) >= 11 is 0. The Morgan fingerprint density at radius 3 is 1.85 bits per heavy atom. The summed E-state index contributed by atoms with van der Waals surface area (Å²) in [7, 11) is 2.13. The van der Waals surface area contributed by atoms with Crippen LogP contribution >= 0.6 is 0 Å². The van der Waals surface area contributed by atoms with Crippen molar-refractivity contribution < 1.29 is 0 Å². The first kappa shape index (κ1) is 19.5. The molecular formula is C25H29N. The Morgan fingerprint density at radius 2 is 1.12 bits per heavy atom. The molecule has 0 saturated heterocycles. The maximum Gasteiger partial charge on any atom is 0.0487 e. The van der Waals surface area contributed by atoms with E-state index >= 15 is 0 Å². The standard InChI is InChI=1S/C21H17N.2C2H6/c1-22(19-14-13-16-7-2-3-9-18(16)15-19)21-12-6-10-17-8-4-5-11-20(17)21;2*1-2/h2-15H,1H3;2*1-2H3. The summed E-state index contributed by atoms with van der Waals surface area (Å²) in [5.74, 6) is 0. The first-order valence-electron chi connectivity index (χ1n) is 9.53. The zero-order valence-electron chi connectivity index (χ0n) is 16.5. The molecular weight excluding hydrogens is 314 g/mol. The van der Waals surface area contributed by atoms with Crippen molar-refractivity contribution in [3.63, 3.8) is 0 Å². The van der Waals surface area contributed by atoms with Crippen molar-refractivity contribution >= 4 is 32.9 Å². The van der Waals surface area contributed by atoms with Gasteiger partial charge in [-0.05, 0) is 34.4 Å². The minimum absolute atomic E-state index is 1.20. The molecule has 0 heterocycles. The van der Waals surface area contributed by atoms with Crippen LogP contribution in [0.5, 0.6) is 0 Å². The van der Waals surface area contributed by atoms with Crippen LogP contribution in [0.15, 0.2) is 84.9 Å². The SMILES string of the molecule is CC.CC.CN(c1ccc2ccccc2c1)c1cccc2ccccc12. The molecule has 0 atom stereocenters. The van der Waals surface area contributed by atoms with Gasteiger partial charge in [0.15, 0.2) is 0 Å². The van der Waals surface area contributed by atoms with E-state index in [9.17, 15) is 0 Å². The first-order chi connectivity index (χ1) is 12.8. The topological polar surface area (TPSA) is 3.24 Å². The van der Waals surface area contributed by atoms with E-state index in [0.717, 1.165) is 0 Å². The number of hydrogen-bond donors (Lipinski definition) is 0. The fourth-order valence-electron chi connectivity index (χ4n) is 3.03. The van der Waals surface area contributed by atoms with Crippen LogP contribution in [-0.2, 0) is 0 Å². The van der Waals surface area contributed by atoms with Gasteiger partial charge in [-0.25, -0.2) is 0 Å². The zero-order valence-corrected chi connectivity index (χ0v) is 16.5. The minimum Gasteiger partial charge on any atom is -0.344 e. The summed E-state index contributed by atoms with van der Waals surface area (Å²) < 4.78 is 0. The van der Waals surface area contributed by atoms with Crippen LogP contribution in [0.1, 0.15) is 27.7 Å². The van der Waals surface area contributed by atoms with Gasteiger partial charge in [0, 0.05) is 23.8 Å². The highest BCUT2D eigenvalue weighted by Gasteiger charge is 2.08. The normalized spacial score (nSPS) is 9.73. The van der Waals surface area contributed by atoms with Gasteiger partial charge in [-0.15, -0.1) is 0 Å². The molecule has 0 bridgehead atoms. The largest absolute Gasteiger partial charge is 0.344 e. The molecule has 0 fully saturated rings. The molecule has 0 aliphatic heterocycles. The van der Waals surface area contributed by atoms with E-state index in [1.54, 1.807) is 0 Å². The van der Waals surface area contributed by atoms with E-state index in [1.165, 1.54) is 32.9 Å². The predicted octanol–water partition coefficient (Wildman–Crippen LogP) is 7.81. The van der Waals surface area contributed by atoms with Gasteiger partial charge in [0.2, 0.25) is 0 Å². The highest BCUT2D eigenvalue weighted by molar-refractivity contribution is 5.97. The molecule has 0 aromatic heterocycles. The molecule has 0 aliphatic carbocycles. The molecule has 4 aromatic carbocycles. The highest BCUT2D eigenvalue weighted by atomic mass is 15.1. The molecule has 0 spiro atoms. The number of benzene rings is 4. The molecule has 1 heteroatoms. The smallest absolute Gasteiger partial charge is 0.0487 e. The summed E-state index contributed by atoms with van der Waals surface area (Å²) in [6, 6.07) is 30.1. The Morgan fingerprint density at radius 1 is 0.538 bits per heavy atom. The Labute approximate surface area is 157 Å². The zero-order chi connectivity index (χ0) is 18.9. The number of anilines is 2. The molecule has 4 aromatic rings. The van der Waals surface area contributed by atoms with Gasteiger partial charge in [-0.1, -0.05) is 94.4 Å². The second kappa shape index (κ2) is 9.62. The van der Waals surface area contributed by atoms with Crippen LogP contribution in [0, 0.1) is 0 Å². The van der Waals surface area contributed by atoms with Crippen molar-refractivity contribution in [2.24, 2.45) is 0 Å². The Bertz CT molecular complexity index is 951. The molecule has 0 unspecified atom stereocenters.